The van der Waals surface area contributed by atoms with Gasteiger partial charge in [0.15, 0.2) is 0 Å². The second-order valence-electron chi connectivity index (χ2n) is 11.0. The topological polar surface area (TPSA) is 78.4 Å². The molecule has 1 aliphatic rings. The number of aromatic nitrogens is 2. The molecule has 1 saturated carbocycles. The van der Waals surface area contributed by atoms with Gasteiger partial charge in [0, 0.05) is 11.8 Å². The fourth-order valence-electron chi connectivity index (χ4n) is 3.12. The van der Waals surface area contributed by atoms with Crippen LogP contribution < -0.4 is 4.74 Å². The lowest BCUT2D eigenvalue weighted by atomic mass is 10.1. The first kappa shape index (κ1) is 30.4. The molecule has 1 aliphatic carbocycles. The maximum absolute atomic E-state index is 10.9. The zero-order chi connectivity index (χ0) is 27.8. The molecule has 0 spiro atoms. The third-order valence-electron chi connectivity index (χ3n) is 5.07. The number of ether oxygens (including phenoxy) is 2. The molecule has 6 nitrogen and oxygen atoms in total. The van der Waals surface area contributed by atoms with Crippen LogP contribution in [0.5, 0.6) is 5.88 Å². The van der Waals surface area contributed by atoms with E-state index >= 15 is 0 Å². The third-order valence-corrected chi connectivity index (χ3v) is 5.94. The number of ketones is 1. The maximum Gasteiger partial charge on any atom is 0.308 e. The van der Waals surface area contributed by atoms with Crippen LogP contribution in [0.15, 0.2) is 41.8 Å². The third kappa shape index (κ3) is 10.6. The maximum atomic E-state index is 10.9. The van der Waals surface area contributed by atoms with Gasteiger partial charge in [-0.15, -0.1) is 11.3 Å². The molecule has 1 aromatic carbocycles. The number of nitrogens with zero attached hydrogens (tertiary/aromatic N) is 2. The Morgan fingerprint density at radius 1 is 0.892 bits per heavy atom. The molecular formula is C30H42N2O4S. The van der Waals surface area contributed by atoms with E-state index in [2.05, 4.69) is 4.98 Å². The summed E-state index contributed by atoms with van der Waals surface area (Å²) in [6, 6.07) is 11.9. The molecule has 0 unspecified atom stereocenters. The zero-order valence-electron chi connectivity index (χ0n) is 23.7. The van der Waals surface area contributed by atoms with Gasteiger partial charge >= 0.3 is 5.97 Å². The van der Waals surface area contributed by atoms with Gasteiger partial charge in [-0.3, -0.25) is 9.59 Å². The molecule has 2 heterocycles. The fourth-order valence-corrected chi connectivity index (χ4v) is 3.83. The van der Waals surface area contributed by atoms with Crippen molar-refractivity contribution in [1.29, 1.82) is 0 Å². The van der Waals surface area contributed by atoms with E-state index in [4.69, 9.17) is 14.5 Å². The van der Waals surface area contributed by atoms with Crippen LogP contribution in [0.2, 0.25) is 0 Å². The number of rotatable bonds is 6. The number of carbonyl (C=O) groups excluding carboxylic acids is 2. The molecule has 0 atom stereocenters. The van der Waals surface area contributed by atoms with Crippen molar-refractivity contribution in [2.75, 3.05) is 0 Å². The summed E-state index contributed by atoms with van der Waals surface area (Å²) in [4.78, 5) is 32.2. The van der Waals surface area contributed by atoms with Crippen molar-refractivity contribution in [3.63, 3.8) is 0 Å². The van der Waals surface area contributed by atoms with Crippen LogP contribution in [0.1, 0.15) is 75.2 Å². The summed E-state index contributed by atoms with van der Waals surface area (Å²) in [7, 11) is 0. The minimum atomic E-state index is -0.346. The highest BCUT2D eigenvalue weighted by Gasteiger charge is 2.30. The summed E-state index contributed by atoms with van der Waals surface area (Å²) in [6.45, 7) is 17.2. The van der Waals surface area contributed by atoms with Crippen molar-refractivity contribution in [3.8, 4) is 16.5 Å². The number of esters is 1. The standard InChI is InChI=1S/C15H14N2OS.C8H16O2.C7H12O/c1-10(2)18-15-14(13-8-5-9-19-13)16-11-6-3-4-7-12(11)17-15;1-6(2)7(9)10-8(3,4)5;1-5(2)7(8)6-3-4-6/h3-10H,1-2H3;6H,1-5H3;5-6H,3-4H2,1-2H3. The largest absolute Gasteiger partial charge is 0.473 e. The fraction of sp³-hybridized carbons (Fsp3) is 0.533. The zero-order valence-corrected chi connectivity index (χ0v) is 24.5. The Hall–Kier alpha value is -2.80. The lowest BCUT2D eigenvalue weighted by molar-refractivity contribution is -0.158. The summed E-state index contributed by atoms with van der Waals surface area (Å²) < 4.78 is 10.9. The quantitative estimate of drug-likeness (QED) is 0.306. The number of hydrogen-bond donors (Lipinski definition) is 0. The van der Waals surface area contributed by atoms with Gasteiger partial charge in [0.05, 0.1) is 27.9 Å². The van der Waals surface area contributed by atoms with Crippen LogP contribution in [0.4, 0.5) is 0 Å². The molecule has 0 bridgehead atoms. The molecule has 0 aliphatic heterocycles. The molecular weight excluding hydrogens is 484 g/mol. The summed E-state index contributed by atoms with van der Waals surface area (Å²) in [6.07, 6.45) is 2.38. The Morgan fingerprint density at radius 3 is 1.86 bits per heavy atom. The number of hydrogen-bond acceptors (Lipinski definition) is 7. The van der Waals surface area contributed by atoms with E-state index in [1.54, 1.807) is 11.3 Å². The second-order valence-corrected chi connectivity index (χ2v) is 12.0. The van der Waals surface area contributed by atoms with Gasteiger partial charge in [-0.1, -0.05) is 45.9 Å². The first-order valence-electron chi connectivity index (χ1n) is 13.0. The monoisotopic (exact) mass is 526 g/mol. The van der Waals surface area contributed by atoms with Crippen LogP contribution in [-0.2, 0) is 14.3 Å². The predicted molar refractivity (Wildman–Crippen MR) is 152 cm³/mol. The minimum absolute atomic E-state index is 0.0285. The van der Waals surface area contributed by atoms with E-state index in [-0.39, 0.29) is 29.5 Å². The Balaban J connectivity index is 0.000000225. The van der Waals surface area contributed by atoms with Gasteiger partial charge in [-0.25, -0.2) is 9.97 Å². The van der Waals surface area contributed by atoms with Crippen molar-refractivity contribution in [1.82, 2.24) is 9.97 Å². The summed E-state index contributed by atoms with van der Waals surface area (Å²) in [5.74, 6) is 1.63. The molecule has 0 saturated heterocycles. The van der Waals surface area contributed by atoms with Crippen molar-refractivity contribution >= 4 is 34.1 Å². The highest BCUT2D eigenvalue weighted by molar-refractivity contribution is 7.13. The SMILES string of the molecule is CC(C)C(=O)C1CC1.CC(C)C(=O)OC(C)(C)C.CC(C)Oc1nc2ccccc2nc1-c1cccs1. The van der Waals surface area contributed by atoms with Crippen molar-refractivity contribution < 1.29 is 19.1 Å². The van der Waals surface area contributed by atoms with Gasteiger partial charge in [0.25, 0.3) is 0 Å². The normalized spacial score (nSPS) is 13.1. The Kier molecular flexibility index (Phi) is 11.2. The number of benzene rings is 1. The predicted octanol–water partition coefficient (Wildman–Crippen LogP) is 7.75. The Labute approximate surface area is 225 Å². The summed E-state index contributed by atoms with van der Waals surface area (Å²) in [5, 5.41) is 2.03. The van der Waals surface area contributed by atoms with Crippen LogP contribution in [0, 0.1) is 17.8 Å². The Bertz CT molecular complexity index is 1140. The van der Waals surface area contributed by atoms with E-state index in [9.17, 15) is 9.59 Å². The van der Waals surface area contributed by atoms with Gasteiger partial charge in [-0.2, -0.15) is 0 Å². The van der Waals surface area contributed by atoms with Crippen molar-refractivity contribution in [2.24, 2.45) is 17.8 Å². The molecule has 202 valence electrons. The smallest absolute Gasteiger partial charge is 0.308 e. The van der Waals surface area contributed by atoms with E-state index in [0.29, 0.717) is 17.6 Å². The van der Waals surface area contributed by atoms with E-state index in [1.165, 1.54) is 0 Å². The van der Waals surface area contributed by atoms with Crippen LogP contribution >= 0.6 is 11.3 Å². The average molecular weight is 527 g/mol. The minimum Gasteiger partial charge on any atom is -0.473 e. The first-order valence-corrected chi connectivity index (χ1v) is 13.9. The van der Waals surface area contributed by atoms with Gasteiger partial charge < -0.3 is 9.47 Å². The molecule has 1 fully saturated rings. The number of para-hydroxylation sites is 2. The molecule has 2 aromatic heterocycles. The molecule has 7 heteroatoms. The average Bonchev–Trinajstić information content (AvgIpc) is 3.51. The number of Topliss-reactive ketones (excluding diaryl/α,β-unsaturated/α-hetero) is 1. The lowest BCUT2D eigenvalue weighted by Gasteiger charge is -2.20. The van der Waals surface area contributed by atoms with Crippen LogP contribution in [0.25, 0.3) is 21.6 Å². The number of fused-ring (bicyclic) bond motifs is 1. The van der Waals surface area contributed by atoms with Crippen LogP contribution in [0.3, 0.4) is 0 Å². The van der Waals surface area contributed by atoms with E-state index in [0.717, 1.165) is 34.4 Å². The van der Waals surface area contributed by atoms with Crippen LogP contribution in [-0.4, -0.2) is 33.4 Å². The highest BCUT2D eigenvalue weighted by Crippen LogP contribution is 2.33. The molecule has 0 N–H and O–H groups in total. The van der Waals surface area contributed by atoms with Gasteiger partial charge in [0.1, 0.15) is 17.1 Å². The van der Waals surface area contributed by atoms with E-state index in [1.807, 2.05) is 104 Å². The molecule has 3 aromatic rings. The Morgan fingerprint density at radius 2 is 1.49 bits per heavy atom. The van der Waals surface area contributed by atoms with E-state index < -0.39 is 0 Å². The lowest BCUT2D eigenvalue weighted by Crippen LogP contribution is -2.26. The van der Waals surface area contributed by atoms with Gasteiger partial charge in [0.2, 0.25) is 5.88 Å². The number of thiophene rings is 1. The second kappa shape index (κ2) is 13.7. The van der Waals surface area contributed by atoms with Crippen molar-refractivity contribution in [3.05, 3.63) is 41.8 Å². The van der Waals surface area contributed by atoms with Gasteiger partial charge in [-0.05, 0) is 71.0 Å². The molecule has 37 heavy (non-hydrogen) atoms. The molecule has 4 rings (SSSR count). The summed E-state index contributed by atoms with van der Waals surface area (Å²) >= 11 is 1.64. The molecule has 0 radical (unpaired) electrons. The summed E-state index contributed by atoms with van der Waals surface area (Å²) in [5.41, 5.74) is 2.23. The van der Waals surface area contributed by atoms with Crippen molar-refractivity contribution in [2.45, 2.75) is 86.9 Å². The first-order chi connectivity index (χ1) is 17.3. The highest BCUT2D eigenvalue weighted by atomic mass is 32.1. The molecule has 0 amide bonds. The number of carbonyl (C=O) groups is 2.